The summed E-state index contributed by atoms with van der Waals surface area (Å²) in [7, 11) is 1.95. The van der Waals surface area contributed by atoms with Crippen LogP contribution >= 0.6 is 11.3 Å². The van der Waals surface area contributed by atoms with Gasteiger partial charge < -0.3 is 5.32 Å². The zero-order chi connectivity index (χ0) is 12.4. The Morgan fingerprint density at radius 1 is 1.41 bits per heavy atom. The lowest BCUT2D eigenvalue weighted by atomic mass is 10.2. The molecule has 0 saturated heterocycles. The molecular formula is C12H18N4S. The number of thiazole rings is 1. The normalized spacial score (nSPS) is 13.2. The molecule has 0 aliphatic heterocycles. The van der Waals surface area contributed by atoms with Gasteiger partial charge in [-0.2, -0.15) is 5.10 Å². The number of hydrogen-bond donors (Lipinski definition) is 1. The van der Waals surface area contributed by atoms with Crippen molar-refractivity contribution in [3.05, 3.63) is 34.0 Å². The summed E-state index contributed by atoms with van der Waals surface area (Å²) in [6.45, 7) is 6.27. The van der Waals surface area contributed by atoms with Crippen LogP contribution in [0.4, 0.5) is 0 Å². The predicted molar refractivity (Wildman–Crippen MR) is 70.4 cm³/mol. The van der Waals surface area contributed by atoms with Crippen molar-refractivity contribution in [2.24, 2.45) is 0 Å². The molecule has 1 atom stereocenters. The van der Waals surface area contributed by atoms with Crippen molar-refractivity contribution in [3.8, 4) is 0 Å². The van der Waals surface area contributed by atoms with Crippen molar-refractivity contribution in [1.82, 2.24) is 20.1 Å². The van der Waals surface area contributed by atoms with Crippen LogP contribution in [0.25, 0.3) is 0 Å². The minimum Gasteiger partial charge on any atom is -0.307 e. The third-order valence-electron chi connectivity index (χ3n) is 2.66. The lowest BCUT2D eigenvalue weighted by molar-refractivity contribution is 0.531. The SMILES string of the molecule is CNC(c1cnn(C(C)C)c1)c1nc(C)cs1. The monoisotopic (exact) mass is 250 g/mol. The van der Waals surface area contributed by atoms with Gasteiger partial charge in [0.25, 0.3) is 0 Å². The van der Waals surface area contributed by atoms with Gasteiger partial charge in [-0.05, 0) is 27.8 Å². The Kier molecular flexibility index (Phi) is 3.59. The zero-order valence-electron chi connectivity index (χ0n) is 10.6. The molecule has 0 radical (unpaired) electrons. The highest BCUT2D eigenvalue weighted by Gasteiger charge is 2.17. The maximum absolute atomic E-state index is 4.53. The van der Waals surface area contributed by atoms with Gasteiger partial charge >= 0.3 is 0 Å². The Balaban J connectivity index is 2.28. The number of nitrogens with zero attached hydrogens (tertiary/aromatic N) is 3. The van der Waals surface area contributed by atoms with Gasteiger partial charge in [0, 0.05) is 28.9 Å². The van der Waals surface area contributed by atoms with Gasteiger partial charge in [-0.25, -0.2) is 4.98 Å². The molecule has 0 saturated carbocycles. The third kappa shape index (κ3) is 2.56. The van der Waals surface area contributed by atoms with Crippen LogP contribution in [0.15, 0.2) is 17.8 Å². The van der Waals surface area contributed by atoms with Gasteiger partial charge in [0.15, 0.2) is 0 Å². The van der Waals surface area contributed by atoms with E-state index in [1.807, 2.05) is 24.9 Å². The van der Waals surface area contributed by atoms with Crippen LogP contribution in [0.3, 0.4) is 0 Å². The molecule has 0 amide bonds. The number of nitrogens with one attached hydrogen (secondary N) is 1. The molecule has 1 unspecified atom stereocenters. The third-order valence-corrected chi connectivity index (χ3v) is 3.68. The van der Waals surface area contributed by atoms with Crippen molar-refractivity contribution in [2.75, 3.05) is 7.05 Å². The summed E-state index contributed by atoms with van der Waals surface area (Å²) in [5, 5.41) is 10.8. The summed E-state index contributed by atoms with van der Waals surface area (Å²) in [5.74, 6) is 0. The number of rotatable bonds is 4. The van der Waals surface area contributed by atoms with E-state index >= 15 is 0 Å². The fraction of sp³-hybridized carbons (Fsp3) is 0.500. The Hall–Kier alpha value is -1.20. The number of aryl methyl sites for hydroxylation is 1. The maximum Gasteiger partial charge on any atom is 0.114 e. The Labute approximate surface area is 106 Å². The highest BCUT2D eigenvalue weighted by Crippen LogP contribution is 2.24. The molecule has 1 N–H and O–H groups in total. The lowest BCUT2D eigenvalue weighted by Crippen LogP contribution is -2.17. The molecule has 2 aromatic heterocycles. The van der Waals surface area contributed by atoms with E-state index in [4.69, 9.17) is 0 Å². The Bertz CT molecular complexity index is 486. The fourth-order valence-corrected chi connectivity index (χ4v) is 2.65. The summed E-state index contributed by atoms with van der Waals surface area (Å²) in [4.78, 5) is 4.53. The second-order valence-corrected chi connectivity index (χ2v) is 5.29. The van der Waals surface area contributed by atoms with Crippen molar-refractivity contribution >= 4 is 11.3 Å². The molecule has 2 heterocycles. The van der Waals surface area contributed by atoms with Gasteiger partial charge in [-0.3, -0.25) is 4.68 Å². The summed E-state index contributed by atoms with van der Waals surface area (Å²) >= 11 is 1.68. The van der Waals surface area contributed by atoms with Crippen molar-refractivity contribution in [3.63, 3.8) is 0 Å². The molecule has 17 heavy (non-hydrogen) atoms. The van der Waals surface area contributed by atoms with Crippen molar-refractivity contribution < 1.29 is 0 Å². The van der Waals surface area contributed by atoms with E-state index in [-0.39, 0.29) is 6.04 Å². The van der Waals surface area contributed by atoms with Crippen molar-refractivity contribution in [2.45, 2.75) is 32.9 Å². The second kappa shape index (κ2) is 4.98. The van der Waals surface area contributed by atoms with Crippen LogP contribution in [-0.2, 0) is 0 Å². The molecule has 2 rings (SSSR count). The number of hydrogen-bond acceptors (Lipinski definition) is 4. The first-order chi connectivity index (χ1) is 8.11. The molecular weight excluding hydrogens is 232 g/mol. The predicted octanol–water partition coefficient (Wildman–Crippen LogP) is 2.54. The first-order valence-electron chi connectivity index (χ1n) is 5.75. The molecule has 4 nitrogen and oxygen atoms in total. The van der Waals surface area contributed by atoms with E-state index in [1.54, 1.807) is 11.3 Å². The maximum atomic E-state index is 4.53. The molecule has 0 aromatic carbocycles. The molecule has 2 aromatic rings. The standard InChI is InChI=1S/C12H18N4S/c1-8(2)16-6-10(5-14-16)11(13-4)12-15-9(3)7-17-12/h5-8,11,13H,1-4H3. The van der Waals surface area contributed by atoms with E-state index in [2.05, 4.69) is 40.8 Å². The van der Waals surface area contributed by atoms with Gasteiger partial charge in [0.05, 0.1) is 12.2 Å². The second-order valence-electron chi connectivity index (χ2n) is 4.40. The average Bonchev–Trinajstić information content (AvgIpc) is 2.89. The summed E-state index contributed by atoms with van der Waals surface area (Å²) in [6.07, 6.45) is 4.00. The van der Waals surface area contributed by atoms with E-state index in [9.17, 15) is 0 Å². The average molecular weight is 250 g/mol. The first kappa shape index (κ1) is 12.3. The smallest absolute Gasteiger partial charge is 0.114 e. The summed E-state index contributed by atoms with van der Waals surface area (Å²) in [5.41, 5.74) is 2.23. The molecule has 0 aliphatic rings. The number of aromatic nitrogens is 3. The van der Waals surface area contributed by atoms with E-state index in [0.717, 1.165) is 16.3 Å². The first-order valence-corrected chi connectivity index (χ1v) is 6.63. The largest absolute Gasteiger partial charge is 0.307 e. The Morgan fingerprint density at radius 2 is 2.18 bits per heavy atom. The minimum absolute atomic E-state index is 0.140. The van der Waals surface area contributed by atoms with Gasteiger partial charge in [-0.15, -0.1) is 11.3 Å². The molecule has 0 spiro atoms. The van der Waals surface area contributed by atoms with Crippen LogP contribution < -0.4 is 5.32 Å². The fourth-order valence-electron chi connectivity index (χ4n) is 1.72. The van der Waals surface area contributed by atoms with E-state index in [1.165, 1.54) is 0 Å². The molecule has 0 aliphatic carbocycles. The van der Waals surface area contributed by atoms with E-state index in [0.29, 0.717) is 6.04 Å². The summed E-state index contributed by atoms with van der Waals surface area (Å²) in [6, 6.07) is 0.528. The molecule has 0 bridgehead atoms. The van der Waals surface area contributed by atoms with Crippen LogP contribution in [0.2, 0.25) is 0 Å². The van der Waals surface area contributed by atoms with Crippen LogP contribution in [0.5, 0.6) is 0 Å². The molecule has 92 valence electrons. The quantitative estimate of drug-likeness (QED) is 0.906. The summed E-state index contributed by atoms with van der Waals surface area (Å²) < 4.78 is 1.97. The topological polar surface area (TPSA) is 42.7 Å². The van der Waals surface area contributed by atoms with Crippen LogP contribution in [0.1, 0.15) is 42.2 Å². The lowest BCUT2D eigenvalue weighted by Gasteiger charge is -2.11. The highest BCUT2D eigenvalue weighted by atomic mass is 32.1. The van der Waals surface area contributed by atoms with Gasteiger partial charge in [-0.1, -0.05) is 0 Å². The Morgan fingerprint density at radius 3 is 2.65 bits per heavy atom. The molecule has 0 fully saturated rings. The zero-order valence-corrected chi connectivity index (χ0v) is 11.5. The van der Waals surface area contributed by atoms with Crippen LogP contribution in [-0.4, -0.2) is 21.8 Å². The van der Waals surface area contributed by atoms with Crippen LogP contribution in [0, 0.1) is 6.92 Å². The van der Waals surface area contributed by atoms with E-state index < -0.39 is 0 Å². The minimum atomic E-state index is 0.140. The van der Waals surface area contributed by atoms with Gasteiger partial charge in [0.1, 0.15) is 5.01 Å². The highest BCUT2D eigenvalue weighted by molar-refractivity contribution is 7.09. The van der Waals surface area contributed by atoms with Gasteiger partial charge in [0.2, 0.25) is 0 Å². The van der Waals surface area contributed by atoms with Crippen molar-refractivity contribution in [1.29, 1.82) is 0 Å². The molecule has 5 heteroatoms.